The first-order chi connectivity index (χ1) is 11.8. The molecule has 0 radical (unpaired) electrons. The number of anilines is 1. The zero-order valence-corrected chi connectivity index (χ0v) is 14.3. The van der Waals surface area contributed by atoms with E-state index >= 15 is 0 Å². The predicted octanol–water partition coefficient (Wildman–Crippen LogP) is 3.52. The molecule has 0 aliphatic carbocycles. The molecule has 1 heterocycles. The van der Waals surface area contributed by atoms with E-state index in [1.165, 1.54) is 25.1 Å². The summed E-state index contributed by atoms with van der Waals surface area (Å²) in [6.07, 6.45) is -2.41. The maximum Gasteiger partial charge on any atom is 0.262 e. The van der Waals surface area contributed by atoms with Crippen LogP contribution in [0.3, 0.4) is 0 Å². The summed E-state index contributed by atoms with van der Waals surface area (Å²) in [5.41, 5.74) is 2.06. The Bertz CT molecular complexity index is 901. The van der Waals surface area contributed by atoms with Crippen LogP contribution in [-0.4, -0.2) is 26.3 Å². The molecule has 0 aromatic heterocycles. The maximum atomic E-state index is 13.6. The smallest absolute Gasteiger partial charge is 0.262 e. The third-order valence-corrected chi connectivity index (χ3v) is 5.68. The Morgan fingerprint density at radius 2 is 1.88 bits per heavy atom. The van der Waals surface area contributed by atoms with Crippen LogP contribution in [0.2, 0.25) is 0 Å². The number of rotatable bonds is 5. The highest BCUT2D eigenvalue weighted by molar-refractivity contribution is 7.92. The minimum absolute atomic E-state index is 0.0410. The summed E-state index contributed by atoms with van der Waals surface area (Å²) in [5, 5.41) is 0. The normalized spacial score (nSPS) is 14.8. The molecule has 8 heteroatoms. The van der Waals surface area contributed by atoms with Crippen LogP contribution < -0.4 is 4.72 Å². The lowest BCUT2D eigenvalue weighted by Crippen LogP contribution is -2.22. The van der Waals surface area contributed by atoms with Crippen molar-refractivity contribution in [2.24, 2.45) is 0 Å². The summed E-state index contributed by atoms with van der Waals surface area (Å²) >= 11 is 0. The van der Waals surface area contributed by atoms with Crippen LogP contribution in [0.15, 0.2) is 41.3 Å². The molecular formula is C17H17F3N2O2S. The molecule has 25 heavy (non-hydrogen) atoms. The molecule has 0 amide bonds. The van der Waals surface area contributed by atoms with E-state index < -0.39 is 22.3 Å². The van der Waals surface area contributed by atoms with Crippen LogP contribution in [0.4, 0.5) is 18.9 Å². The summed E-state index contributed by atoms with van der Waals surface area (Å²) in [5.74, 6) is -0.598. The molecule has 1 N–H and O–H groups in total. The number of benzene rings is 2. The molecule has 2 aromatic carbocycles. The number of sulfonamides is 1. The zero-order chi connectivity index (χ0) is 18.2. The summed E-state index contributed by atoms with van der Waals surface area (Å²) in [7, 11) is -3.94. The van der Waals surface area contributed by atoms with Gasteiger partial charge in [-0.2, -0.15) is 0 Å². The van der Waals surface area contributed by atoms with Crippen molar-refractivity contribution in [3.8, 4) is 0 Å². The van der Waals surface area contributed by atoms with Crippen molar-refractivity contribution < 1.29 is 21.6 Å². The molecule has 1 aliphatic heterocycles. The average Bonchev–Trinajstić information content (AvgIpc) is 2.90. The Hall–Kier alpha value is -2.06. The molecule has 0 saturated carbocycles. The molecule has 0 bridgehead atoms. The molecule has 0 spiro atoms. The molecule has 3 rings (SSSR count). The summed E-state index contributed by atoms with van der Waals surface area (Å²) < 4.78 is 66.0. The largest absolute Gasteiger partial charge is 0.289 e. The van der Waals surface area contributed by atoms with E-state index in [2.05, 4.69) is 4.72 Å². The highest BCUT2D eigenvalue weighted by Gasteiger charge is 2.23. The minimum Gasteiger partial charge on any atom is -0.289 e. The van der Waals surface area contributed by atoms with Gasteiger partial charge in [-0.15, -0.1) is 0 Å². The van der Waals surface area contributed by atoms with Crippen LogP contribution in [-0.2, 0) is 23.1 Å². The van der Waals surface area contributed by atoms with Gasteiger partial charge in [-0.1, -0.05) is 12.1 Å². The second-order valence-electron chi connectivity index (χ2n) is 6.01. The Kier molecular flexibility index (Phi) is 4.75. The quantitative estimate of drug-likeness (QED) is 0.876. The second-order valence-corrected chi connectivity index (χ2v) is 7.66. The Morgan fingerprint density at radius 3 is 2.60 bits per heavy atom. The highest BCUT2D eigenvalue weighted by Crippen LogP contribution is 2.28. The number of fused-ring (bicyclic) bond motifs is 1. The number of halogens is 3. The summed E-state index contributed by atoms with van der Waals surface area (Å²) in [6.45, 7) is 1.83. The lowest BCUT2D eigenvalue weighted by atomic mass is 10.1. The van der Waals surface area contributed by atoms with Crippen LogP contribution >= 0.6 is 0 Å². The topological polar surface area (TPSA) is 49.4 Å². The number of hydrogen-bond acceptors (Lipinski definition) is 3. The second kappa shape index (κ2) is 6.68. The Morgan fingerprint density at radius 1 is 1.16 bits per heavy atom. The first kappa shape index (κ1) is 17.8. The van der Waals surface area contributed by atoms with E-state index in [1.54, 1.807) is 23.1 Å². The molecule has 0 fully saturated rings. The molecule has 2 aromatic rings. The Balaban J connectivity index is 1.82. The molecule has 0 unspecified atom stereocenters. The average molecular weight is 370 g/mol. The van der Waals surface area contributed by atoms with Gasteiger partial charge in [-0.25, -0.2) is 21.6 Å². The summed E-state index contributed by atoms with van der Waals surface area (Å²) in [6, 6.07) is 8.79. The van der Waals surface area contributed by atoms with Crippen molar-refractivity contribution in [1.29, 1.82) is 0 Å². The van der Waals surface area contributed by atoms with Crippen molar-refractivity contribution in [3.05, 3.63) is 58.9 Å². The van der Waals surface area contributed by atoms with Gasteiger partial charge in [0.15, 0.2) is 0 Å². The molecule has 0 atom stereocenters. The fourth-order valence-electron chi connectivity index (χ4n) is 2.94. The predicted molar refractivity (Wildman–Crippen MR) is 88.5 cm³/mol. The third kappa shape index (κ3) is 3.80. The van der Waals surface area contributed by atoms with Crippen molar-refractivity contribution in [3.63, 3.8) is 0 Å². The highest BCUT2D eigenvalue weighted by atomic mass is 32.2. The number of nitrogens with one attached hydrogen (secondary N) is 1. The number of alkyl halides is 2. The van der Waals surface area contributed by atoms with Crippen molar-refractivity contribution in [1.82, 2.24) is 4.90 Å². The minimum atomic E-state index is -3.94. The molecule has 0 saturated heterocycles. The fourth-order valence-corrected chi connectivity index (χ4v) is 4.25. The van der Waals surface area contributed by atoms with Gasteiger partial charge >= 0.3 is 0 Å². The van der Waals surface area contributed by atoms with E-state index in [4.69, 9.17) is 0 Å². The van der Waals surface area contributed by atoms with Gasteiger partial charge in [-0.05, 0) is 42.3 Å². The van der Waals surface area contributed by atoms with Gasteiger partial charge in [0.05, 0.1) is 11.4 Å². The lowest BCUT2D eigenvalue weighted by Gasteiger charge is -2.13. The molecule has 1 aliphatic rings. The van der Waals surface area contributed by atoms with E-state index in [9.17, 15) is 21.6 Å². The number of hydrogen-bond donors (Lipinski definition) is 1. The van der Waals surface area contributed by atoms with E-state index in [0.717, 1.165) is 11.1 Å². The van der Waals surface area contributed by atoms with Crippen LogP contribution in [0, 0.1) is 12.7 Å². The van der Waals surface area contributed by atoms with Gasteiger partial charge in [-0.3, -0.25) is 9.62 Å². The van der Waals surface area contributed by atoms with Crippen LogP contribution in [0.1, 0.15) is 16.7 Å². The third-order valence-electron chi connectivity index (χ3n) is 4.15. The fraction of sp³-hybridized carbons (Fsp3) is 0.294. The molecule has 134 valence electrons. The van der Waals surface area contributed by atoms with Gasteiger partial charge in [0.25, 0.3) is 16.4 Å². The van der Waals surface area contributed by atoms with E-state index in [-0.39, 0.29) is 17.0 Å². The number of nitrogens with zero attached hydrogens (tertiary/aromatic N) is 1. The first-order valence-electron chi connectivity index (χ1n) is 7.66. The maximum absolute atomic E-state index is 13.6. The van der Waals surface area contributed by atoms with Gasteiger partial charge in [0.2, 0.25) is 0 Å². The van der Waals surface area contributed by atoms with Crippen molar-refractivity contribution in [2.75, 3.05) is 11.3 Å². The Labute approximate surface area is 144 Å². The molecule has 4 nitrogen and oxygen atoms in total. The first-order valence-corrected chi connectivity index (χ1v) is 9.15. The van der Waals surface area contributed by atoms with Gasteiger partial charge < -0.3 is 0 Å². The van der Waals surface area contributed by atoms with E-state index in [1.807, 2.05) is 0 Å². The zero-order valence-electron chi connectivity index (χ0n) is 13.5. The van der Waals surface area contributed by atoms with Crippen molar-refractivity contribution in [2.45, 2.75) is 31.3 Å². The monoisotopic (exact) mass is 370 g/mol. The van der Waals surface area contributed by atoms with Crippen molar-refractivity contribution >= 4 is 15.7 Å². The van der Waals surface area contributed by atoms with E-state index in [0.29, 0.717) is 18.8 Å². The van der Waals surface area contributed by atoms with Gasteiger partial charge in [0, 0.05) is 24.3 Å². The lowest BCUT2D eigenvalue weighted by molar-refractivity contribution is 0.0873. The van der Waals surface area contributed by atoms with Gasteiger partial charge in [0.1, 0.15) is 5.82 Å². The SMILES string of the molecule is Cc1c(F)cccc1S(=O)(=O)Nc1ccc2c(c1)CN(CC(F)F)C2. The van der Waals surface area contributed by atoms with Crippen LogP contribution in [0.5, 0.6) is 0 Å². The molecular weight excluding hydrogens is 353 g/mol. The van der Waals surface area contributed by atoms with Crippen LogP contribution in [0.25, 0.3) is 0 Å². The standard InChI is InChI=1S/C17H17F3N2O2S/c1-11-15(18)3-2-4-16(11)25(23,24)21-14-6-5-12-8-22(10-17(19)20)9-13(12)7-14/h2-7,17,21H,8-10H2,1H3. The summed E-state index contributed by atoms with van der Waals surface area (Å²) in [4.78, 5) is 1.47.